The van der Waals surface area contributed by atoms with E-state index in [2.05, 4.69) is 10.5 Å². The summed E-state index contributed by atoms with van der Waals surface area (Å²) in [7, 11) is 1.91. The largest absolute Gasteiger partial charge is 0.350 e. The number of aryl methyl sites for hydroxylation is 4. The van der Waals surface area contributed by atoms with Crippen LogP contribution in [-0.4, -0.2) is 32.0 Å². The fraction of sp³-hybridized carbons (Fsp3) is 0.280. The lowest BCUT2D eigenvalue weighted by molar-refractivity contribution is -0.118. The van der Waals surface area contributed by atoms with Crippen LogP contribution in [0.5, 0.6) is 0 Å². The number of benzene rings is 1. The normalized spacial score (nSPS) is 13.5. The molecule has 0 bridgehead atoms. The third-order valence-corrected chi connectivity index (χ3v) is 8.08. The molecule has 4 aromatic rings. The van der Waals surface area contributed by atoms with Crippen LogP contribution in [0.1, 0.15) is 34.5 Å². The maximum Gasteiger partial charge on any atom is 0.267 e. The van der Waals surface area contributed by atoms with Crippen molar-refractivity contribution in [3.8, 4) is 5.69 Å². The lowest BCUT2D eigenvalue weighted by Gasteiger charge is -2.13. The number of carbonyl (C=O) groups is 1. The molecule has 0 aliphatic heterocycles. The van der Waals surface area contributed by atoms with E-state index < -0.39 is 0 Å². The number of nitrogens with zero attached hydrogens (tertiary/aromatic N) is 4. The average molecular weight is 492 g/mol. The lowest BCUT2D eigenvalue weighted by atomic mass is 9.97. The van der Waals surface area contributed by atoms with E-state index in [0.29, 0.717) is 5.16 Å². The van der Waals surface area contributed by atoms with Gasteiger partial charge in [-0.25, -0.2) is 10.4 Å². The SMILES string of the molecule is Cc1ccc(-n2c(SCC(=O)NN=Cc3cccn3C)nc3sc4c(c3c2=O)CCCC4)cc1. The first kappa shape index (κ1) is 22.6. The second-order valence-corrected chi connectivity index (χ2v) is 10.4. The molecule has 1 N–H and O–H groups in total. The Labute approximate surface area is 205 Å². The summed E-state index contributed by atoms with van der Waals surface area (Å²) in [6.45, 7) is 2.01. The fourth-order valence-electron chi connectivity index (χ4n) is 4.15. The monoisotopic (exact) mass is 491 g/mol. The smallest absolute Gasteiger partial charge is 0.267 e. The van der Waals surface area contributed by atoms with Gasteiger partial charge in [0.15, 0.2) is 5.16 Å². The number of hydrogen-bond donors (Lipinski definition) is 1. The van der Waals surface area contributed by atoms with E-state index in [1.807, 2.05) is 61.1 Å². The van der Waals surface area contributed by atoms with E-state index in [4.69, 9.17) is 4.98 Å². The second-order valence-electron chi connectivity index (χ2n) is 8.39. The Morgan fingerprint density at radius 3 is 2.79 bits per heavy atom. The van der Waals surface area contributed by atoms with Gasteiger partial charge in [-0.15, -0.1) is 11.3 Å². The van der Waals surface area contributed by atoms with Gasteiger partial charge in [-0.2, -0.15) is 5.10 Å². The highest BCUT2D eigenvalue weighted by atomic mass is 32.2. The van der Waals surface area contributed by atoms with Gasteiger partial charge >= 0.3 is 0 Å². The van der Waals surface area contributed by atoms with Gasteiger partial charge < -0.3 is 4.57 Å². The Bertz CT molecular complexity index is 1450. The first-order valence-electron chi connectivity index (χ1n) is 11.2. The van der Waals surface area contributed by atoms with Crippen LogP contribution in [0.15, 0.2) is 57.6 Å². The van der Waals surface area contributed by atoms with Crippen molar-refractivity contribution >= 4 is 45.4 Å². The van der Waals surface area contributed by atoms with E-state index in [1.165, 1.54) is 16.6 Å². The van der Waals surface area contributed by atoms with Crippen molar-refractivity contribution in [1.29, 1.82) is 0 Å². The molecule has 0 atom stereocenters. The molecule has 0 spiro atoms. The highest BCUT2D eigenvalue weighted by Gasteiger charge is 2.23. The molecule has 0 radical (unpaired) electrons. The number of hydrazone groups is 1. The van der Waals surface area contributed by atoms with Crippen molar-refractivity contribution in [2.75, 3.05) is 5.75 Å². The molecule has 0 saturated carbocycles. The summed E-state index contributed by atoms with van der Waals surface area (Å²) in [5.74, 6) is -0.162. The highest BCUT2D eigenvalue weighted by Crippen LogP contribution is 2.35. The van der Waals surface area contributed by atoms with Gasteiger partial charge in [-0.05, 0) is 62.4 Å². The molecule has 1 aliphatic rings. The van der Waals surface area contributed by atoms with E-state index in [0.717, 1.165) is 58.4 Å². The fourth-order valence-corrected chi connectivity index (χ4v) is 6.25. The first-order chi connectivity index (χ1) is 16.5. The summed E-state index contributed by atoms with van der Waals surface area (Å²) in [6, 6.07) is 11.6. The number of rotatable bonds is 6. The summed E-state index contributed by atoms with van der Waals surface area (Å²) < 4.78 is 3.55. The number of fused-ring (bicyclic) bond motifs is 3. The molecule has 3 heterocycles. The van der Waals surface area contributed by atoms with Crippen LogP contribution in [0.2, 0.25) is 0 Å². The molecule has 9 heteroatoms. The maximum atomic E-state index is 13.7. The highest BCUT2D eigenvalue weighted by molar-refractivity contribution is 7.99. The van der Waals surface area contributed by atoms with Gasteiger partial charge in [0.25, 0.3) is 11.5 Å². The Hall–Kier alpha value is -3.17. The Morgan fingerprint density at radius 1 is 1.24 bits per heavy atom. The zero-order chi connectivity index (χ0) is 23.7. The lowest BCUT2D eigenvalue weighted by Crippen LogP contribution is -2.24. The molecule has 0 unspecified atom stereocenters. The van der Waals surface area contributed by atoms with Crippen molar-refractivity contribution in [3.63, 3.8) is 0 Å². The molecule has 34 heavy (non-hydrogen) atoms. The topological polar surface area (TPSA) is 81.3 Å². The Morgan fingerprint density at radius 2 is 2.03 bits per heavy atom. The van der Waals surface area contributed by atoms with Gasteiger partial charge in [0.05, 0.1) is 28.7 Å². The summed E-state index contributed by atoms with van der Waals surface area (Å²) >= 11 is 2.87. The minimum atomic E-state index is -0.259. The molecule has 7 nitrogen and oxygen atoms in total. The molecule has 1 aromatic carbocycles. The predicted octanol–water partition coefficient (Wildman–Crippen LogP) is 4.22. The minimum absolute atomic E-state index is 0.0575. The van der Waals surface area contributed by atoms with Crippen LogP contribution in [0.25, 0.3) is 15.9 Å². The number of thiophene rings is 1. The Balaban J connectivity index is 1.45. The zero-order valence-corrected chi connectivity index (χ0v) is 20.7. The van der Waals surface area contributed by atoms with Crippen LogP contribution >= 0.6 is 23.1 Å². The molecule has 3 aromatic heterocycles. The van der Waals surface area contributed by atoms with Crippen molar-refractivity contribution in [2.24, 2.45) is 12.1 Å². The summed E-state index contributed by atoms with van der Waals surface area (Å²) in [6.07, 6.45) is 7.69. The third kappa shape index (κ3) is 4.45. The zero-order valence-electron chi connectivity index (χ0n) is 19.1. The molecule has 5 rings (SSSR count). The van der Waals surface area contributed by atoms with E-state index in [9.17, 15) is 9.59 Å². The predicted molar refractivity (Wildman–Crippen MR) is 138 cm³/mol. The third-order valence-electron chi connectivity index (χ3n) is 5.95. The molecule has 1 aliphatic carbocycles. The van der Waals surface area contributed by atoms with Crippen molar-refractivity contribution < 1.29 is 4.79 Å². The van der Waals surface area contributed by atoms with Crippen molar-refractivity contribution in [1.82, 2.24) is 19.5 Å². The van der Waals surface area contributed by atoms with Crippen molar-refractivity contribution in [2.45, 2.75) is 37.8 Å². The number of amides is 1. The first-order valence-corrected chi connectivity index (χ1v) is 13.0. The van der Waals surface area contributed by atoms with Crippen LogP contribution in [0.3, 0.4) is 0 Å². The van der Waals surface area contributed by atoms with Crippen LogP contribution in [0.4, 0.5) is 0 Å². The van der Waals surface area contributed by atoms with E-state index >= 15 is 0 Å². The summed E-state index contributed by atoms with van der Waals surface area (Å²) in [4.78, 5) is 33.1. The average Bonchev–Trinajstić information content (AvgIpc) is 3.41. The Kier molecular flexibility index (Phi) is 6.38. The summed E-state index contributed by atoms with van der Waals surface area (Å²) in [5.41, 5.74) is 6.42. The van der Waals surface area contributed by atoms with Gasteiger partial charge in [-0.3, -0.25) is 14.2 Å². The molecular weight excluding hydrogens is 466 g/mol. The van der Waals surface area contributed by atoms with Gasteiger partial charge in [0.1, 0.15) is 4.83 Å². The molecule has 174 valence electrons. The van der Waals surface area contributed by atoms with Gasteiger partial charge in [-0.1, -0.05) is 29.5 Å². The standard InChI is InChI=1S/C25H25N5O2S2/c1-16-9-11-17(12-10-16)30-24(32)22-19-7-3-4-8-20(19)34-23(22)27-25(30)33-15-21(31)28-26-14-18-6-5-13-29(18)2/h5-6,9-14H,3-4,7-8,15H2,1-2H3,(H,28,31). The number of aromatic nitrogens is 3. The number of nitrogens with one attached hydrogen (secondary N) is 1. The van der Waals surface area contributed by atoms with Gasteiger partial charge in [0, 0.05) is 18.1 Å². The second kappa shape index (κ2) is 9.60. The minimum Gasteiger partial charge on any atom is -0.350 e. The van der Waals surface area contributed by atoms with Crippen LogP contribution in [0, 0.1) is 6.92 Å². The maximum absolute atomic E-state index is 13.7. The van der Waals surface area contributed by atoms with Gasteiger partial charge in [0.2, 0.25) is 0 Å². The molecule has 0 fully saturated rings. The number of thioether (sulfide) groups is 1. The number of carbonyl (C=O) groups excluding carboxylic acids is 1. The molecular formula is C25H25N5O2S2. The molecule has 1 amide bonds. The van der Waals surface area contributed by atoms with E-state index in [-0.39, 0.29) is 17.2 Å². The van der Waals surface area contributed by atoms with Crippen LogP contribution < -0.4 is 11.0 Å². The van der Waals surface area contributed by atoms with Crippen molar-refractivity contribution in [3.05, 3.63) is 74.6 Å². The molecule has 0 saturated heterocycles. The van der Waals surface area contributed by atoms with Crippen LogP contribution in [-0.2, 0) is 24.7 Å². The van der Waals surface area contributed by atoms with E-state index in [1.54, 1.807) is 22.1 Å². The number of hydrogen-bond acceptors (Lipinski definition) is 6. The quantitative estimate of drug-likeness (QED) is 0.190. The summed E-state index contributed by atoms with van der Waals surface area (Å²) in [5, 5.41) is 5.30.